The number of aliphatic hydroxyl groups excluding tert-OH is 2. The molecule has 1 unspecified atom stereocenters. The van der Waals surface area contributed by atoms with Crippen LogP contribution in [0.15, 0.2) is 23.0 Å². The normalized spacial score (nSPS) is 27.1. The highest BCUT2D eigenvalue weighted by Crippen LogP contribution is 2.54. The quantitative estimate of drug-likeness (QED) is 0.186. The van der Waals surface area contributed by atoms with Crippen molar-refractivity contribution in [2.75, 3.05) is 58.0 Å². The van der Waals surface area contributed by atoms with Gasteiger partial charge in [-0.25, -0.2) is 0 Å². The minimum atomic E-state index is -2.72. The van der Waals surface area contributed by atoms with Gasteiger partial charge in [0.25, 0.3) is 5.91 Å². The Morgan fingerprint density at radius 1 is 1.11 bits per heavy atom. The van der Waals surface area contributed by atoms with Gasteiger partial charge in [-0.3, -0.25) is 24.1 Å². The molecule has 13 nitrogen and oxygen atoms in total. The highest BCUT2D eigenvalue weighted by molar-refractivity contribution is 6.24. The van der Waals surface area contributed by atoms with Gasteiger partial charge in [-0.05, 0) is 76.3 Å². The average Bonchev–Trinajstić information content (AvgIpc) is 2.95. The Bertz CT molecular complexity index is 1550. The first-order chi connectivity index (χ1) is 21.5. The Morgan fingerprint density at radius 3 is 2.28 bits per heavy atom. The summed E-state index contributed by atoms with van der Waals surface area (Å²) in [6.07, 6.45) is 1.47. The lowest BCUT2D eigenvalue weighted by atomic mass is 9.57. The lowest BCUT2D eigenvalue weighted by Crippen LogP contribution is -2.65. The second-order valence-electron chi connectivity index (χ2n) is 14.0. The van der Waals surface area contributed by atoms with E-state index in [9.17, 15) is 39.6 Å². The second-order valence-corrected chi connectivity index (χ2v) is 14.0. The molecule has 5 rings (SSSR count). The van der Waals surface area contributed by atoms with E-state index in [2.05, 4.69) is 24.1 Å². The number of piperidine rings is 1. The van der Waals surface area contributed by atoms with Crippen molar-refractivity contribution in [2.45, 2.75) is 51.2 Å². The van der Waals surface area contributed by atoms with Crippen molar-refractivity contribution in [1.82, 2.24) is 9.80 Å². The van der Waals surface area contributed by atoms with Crippen LogP contribution in [0.1, 0.15) is 44.2 Å². The minimum Gasteiger partial charge on any atom is -0.508 e. The van der Waals surface area contributed by atoms with Crippen LogP contribution in [0.2, 0.25) is 0 Å². The fourth-order valence-electron chi connectivity index (χ4n) is 7.92. The van der Waals surface area contributed by atoms with Gasteiger partial charge < -0.3 is 41.3 Å². The van der Waals surface area contributed by atoms with Gasteiger partial charge in [-0.2, -0.15) is 0 Å². The molecule has 1 heterocycles. The molecule has 0 radical (unpaired) electrons. The van der Waals surface area contributed by atoms with Crippen LogP contribution in [-0.2, 0) is 25.6 Å². The Labute approximate surface area is 268 Å². The molecule has 2 fully saturated rings. The molecule has 1 aromatic carbocycles. The molecule has 4 aliphatic rings. The summed E-state index contributed by atoms with van der Waals surface area (Å²) in [5.41, 5.74) is 2.70. The third-order valence-corrected chi connectivity index (χ3v) is 10.0. The number of anilines is 2. The maximum absolute atomic E-state index is 14.2. The summed E-state index contributed by atoms with van der Waals surface area (Å²) in [6, 6.07) is 0.480. The van der Waals surface area contributed by atoms with E-state index in [-0.39, 0.29) is 41.5 Å². The number of benzene rings is 1. The number of carbonyl (C=O) groups is 4. The molecule has 1 aliphatic heterocycles. The molecule has 3 aliphatic carbocycles. The number of nitrogens with two attached hydrogens (primary N) is 1. The number of rotatable bonds is 7. The van der Waals surface area contributed by atoms with Crippen molar-refractivity contribution in [3.8, 4) is 5.75 Å². The highest BCUT2D eigenvalue weighted by Gasteiger charge is 2.64. The van der Waals surface area contributed by atoms with Crippen LogP contribution in [0.3, 0.4) is 0 Å². The van der Waals surface area contributed by atoms with E-state index in [0.29, 0.717) is 30.0 Å². The maximum atomic E-state index is 14.2. The number of carbonyl (C=O) groups excluding carboxylic acids is 4. The van der Waals surface area contributed by atoms with Gasteiger partial charge in [0.2, 0.25) is 11.7 Å². The fraction of sp³-hybridized carbons (Fsp3) is 0.576. The predicted octanol–water partition coefficient (Wildman–Crippen LogP) is 1.34. The number of ketones is 2. The third-order valence-electron chi connectivity index (χ3n) is 10.0. The third kappa shape index (κ3) is 5.23. The predicted molar refractivity (Wildman–Crippen MR) is 171 cm³/mol. The van der Waals surface area contributed by atoms with Crippen LogP contribution in [0.5, 0.6) is 5.75 Å². The smallest absolute Gasteiger partial charge is 0.255 e. The van der Waals surface area contributed by atoms with Gasteiger partial charge in [0, 0.05) is 43.7 Å². The number of Topliss-reactive ketones (excluding diaryl/α,β-unsaturated/α-hetero) is 2. The molecule has 1 saturated carbocycles. The van der Waals surface area contributed by atoms with Gasteiger partial charge >= 0.3 is 0 Å². The molecule has 0 bridgehead atoms. The topological polar surface area (TPSA) is 197 Å². The number of hydrogen-bond donors (Lipinski definition) is 6. The van der Waals surface area contributed by atoms with Crippen molar-refractivity contribution in [1.29, 1.82) is 0 Å². The SMILES string of the molecule is CC(C)CN1CCC(C(=O)Nc2cc(N(C)C)c3c(c2O)C(O)=C2C(=O)[C@]4(O)C(O)=C(C(N)=O)C(=O)[C@@H](N(C)C)[C@@H]4CC2C3)CC1. The summed E-state index contributed by atoms with van der Waals surface area (Å²) in [5.74, 6) is -7.20. The maximum Gasteiger partial charge on any atom is 0.255 e. The molecule has 46 heavy (non-hydrogen) atoms. The monoisotopic (exact) mass is 639 g/mol. The second kappa shape index (κ2) is 12.0. The van der Waals surface area contributed by atoms with Crippen LogP contribution >= 0.6 is 0 Å². The van der Waals surface area contributed by atoms with Crippen LogP contribution in [-0.4, -0.2) is 113 Å². The van der Waals surface area contributed by atoms with Crippen LogP contribution in [0.4, 0.5) is 11.4 Å². The van der Waals surface area contributed by atoms with Crippen molar-refractivity contribution < 1.29 is 39.6 Å². The molecular weight excluding hydrogens is 594 g/mol. The van der Waals surface area contributed by atoms with Crippen LogP contribution in [0, 0.1) is 23.7 Å². The highest BCUT2D eigenvalue weighted by atomic mass is 16.3. The van der Waals surface area contributed by atoms with Gasteiger partial charge in [0.05, 0.1) is 17.3 Å². The molecule has 1 saturated heterocycles. The Hall–Kier alpha value is -3.94. The standard InChI is InChI=1S/C33H45N5O8/c1-15(2)14-38-9-7-16(8-10-38)32(45)35-20-13-21(36(3)4)18-11-17-12-19-25(37(5)6)28(41)24(31(34)44)30(43)33(19,46)29(42)22(17)27(40)23(18)26(20)39/h13,15-17,19,25,39-40,43,46H,7-12,14H2,1-6H3,(H2,34,44)(H,35,45)/t17?,19-,25-,33-/m0/s1. The average molecular weight is 640 g/mol. The number of likely N-dealkylation sites (tertiary alicyclic amines) is 1. The Balaban J connectivity index is 1.56. The summed E-state index contributed by atoms with van der Waals surface area (Å²) in [7, 11) is 6.67. The lowest BCUT2D eigenvalue weighted by Gasteiger charge is -2.50. The number of likely N-dealkylation sites (N-methyl/N-ethyl adjacent to an activating group) is 1. The molecule has 4 atom stereocenters. The molecule has 0 spiro atoms. The number of phenols is 1. The van der Waals surface area contributed by atoms with Gasteiger partial charge in [0.15, 0.2) is 11.4 Å². The van der Waals surface area contributed by atoms with Crippen molar-refractivity contribution in [3.63, 3.8) is 0 Å². The zero-order valence-corrected chi connectivity index (χ0v) is 27.3. The zero-order valence-electron chi connectivity index (χ0n) is 27.3. The number of aliphatic hydroxyl groups is 3. The van der Waals surface area contributed by atoms with Gasteiger partial charge in [0.1, 0.15) is 22.8 Å². The molecule has 7 N–H and O–H groups in total. The minimum absolute atomic E-state index is 0.00656. The molecular formula is C33H45N5O8. The van der Waals surface area contributed by atoms with Crippen LogP contribution < -0.4 is 16.0 Å². The van der Waals surface area contributed by atoms with E-state index >= 15 is 0 Å². The van der Waals surface area contributed by atoms with Crippen LogP contribution in [0.25, 0.3) is 5.76 Å². The summed E-state index contributed by atoms with van der Waals surface area (Å²) in [5, 5.41) is 49.0. The summed E-state index contributed by atoms with van der Waals surface area (Å²) in [4.78, 5) is 58.7. The van der Waals surface area contributed by atoms with Crippen molar-refractivity contribution in [3.05, 3.63) is 34.1 Å². The number of phenolic OH excluding ortho intramolecular Hbond substituents is 1. The Kier molecular flexibility index (Phi) is 8.73. The van der Waals surface area contributed by atoms with E-state index in [4.69, 9.17) is 5.73 Å². The van der Waals surface area contributed by atoms with Gasteiger partial charge in [-0.15, -0.1) is 0 Å². The first-order valence-electron chi connectivity index (χ1n) is 15.7. The zero-order chi connectivity index (χ0) is 34.0. The lowest BCUT2D eigenvalue weighted by molar-refractivity contribution is -0.153. The van der Waals surface area contributed by atoms with Gasteiger partial charge in [-0.1, -0.05) is 13.8 Å². The molecule has 13 heteroatoms. The Morgan fingerprint density at radius 2 is 1.74 bits per heavy atom. The summed E-state index contributed by atoms with van der Waals surface area (Å²) < 4.78 is 0. The number of fused-ring (bicyclic) bond motifs is 3. The summed E-state index contributed by atoms with van der Waals surface area (Å²) >= 11 is 0. The van der Waals surface area contributed by atoms with Crippen molar-refractivity contribution in [2.24, 2.45) is 29.4 Å². The molecule has 250 valence electrons. The summed E-state index contributed by atoms with van der Waals surface area (Å²) in [6.45, 7) is 6.84. The van der Waals surface area contributed by atoms with Crippen molar-refractivity contribution >= 4 is 40.5 Å². The first-order valence-corrected chi connectivity index (χ1v) is 15.7. The molecule has 2 amide bonds. The van der Waals surface area contributed by atoms with E-state index in [0.717, 1.165) is 19.6 Å². The van der Waals surface area contributed by atoms with E-state index < -0.39 is 63.8 Å². The number of primary amides is 1. The number of nitrogens with zero attached hydrogens (tertiary/aromatic N) is 3. The molecule has 0 aromatic heterocycles. The van der Waals surface area contributed by atoms with E-state index in [1.54, 1.807) is 39.2 Å². The number of nitrogens with one attached hydrogen (secondary N) is 1. The number of amides is 2. The largest absolute Gasteiger partial charge is 0.508 e. The first kappa shape index (κ1) is 33.4. The number of aromatic hydroxyl groups is 1. The number of hydrogen-bond acceptors (Lipinski definition) is 11. The van der Waals surface area contributed by atoms with E-state index in [1.165, 1.54) is 4.90 Å². The van der Waals surface area contributed by atoms with E-state index in [1.807, 2.05) is 0 Å². The fourth-order valence-corrected chi connectivity index (χ4v) is 7.92. The molecule has 1 aromatic rings.